The van der Waals surface area contributed by atoms with Crippen molar-refractivity contribution in [2.24, 2.45) is 0 Å². The molecule has 0 spiro atoms. The summed E-state index contributed by atoms with van der Waals surface area (Å²) >= 11 is 1.28. The summed E-state index contributed by atoms with van der Waals surface area (Å²) in [5.74, 6) is 0.237. The van der Waals surface area contributed by atoms with Crippen molar-refractivity contribution in [3.05, 3.63) is 12.4 Å². The topological polar surface area (TPSA) is 104 Å². The zero-order valence-electron chi connectivity index (χ0n) is 6.51. The molecule has 2 heterocycles. The first-order valence-electron chi connectivity index (χ1n) is 3.42. The van der Waals surface area contributed by atoms with Crippen molar-refractivity contribution in [3.8, 4) is 10.6 Å². The third-order valence-corrected chi connectivity index (χ3v) is 2.16. The van der Waals surface area contributed by atoms with E-state index in [1.165, 1.54) is 11.3 Å². The highest BCUT2D eigenvalue weighted by molar-refractivity contribution is 7.18. The van der Waals surface area contributed by atoms with Gasteiger partial charge in [-0.15, -0.1) is 10.2 Å². The summed E-state index contributed by atoms with van der Waals surface area (Å²) in [4.78, 5) is 7.66. The lowest BCUT2D eigenvalue weighted by Gasteiger charge is -1.93. The maximum atomic E-state index is 5.43. The highest BCUT2D eigenvalue weighted by Crippen LogP contribution is 2.22. The average Bonchev–Trinajstić information content (AvgIpc) is 2.53. The average molecular weight is 194 g/mol. The Morgan fingerprint density at radius 2 is 1.77 bits per heavy atom. The molecule has 4 N–H and O–H groups in total. The van der Waals surface area contributed by atoms with Crippen molar-refractivity contribution >= 4 is 22.4 Å². The van der Waals surface area contributed by atoms with Crippen LogP contribution in [0.2, 0.25) is 0 Å². The van der Waals surface area contributed by atoms with Gasteiger partial charge in [0.15, 0.2) is 5.01 Å². The molecule has 7 heteroatoms. The largest absolute Gasteiger partial charge is 0.374 e. The van der Waals surface area contributed by atoms with Gasteiger partial charge in [0.25, 0.3) is 0 Å². The van der Waals surface area contributed by atoms with Gasteiger partial charge in [0.05, 0.1) is 0 Å². The molecule has 0 radical (unpaired) electrons. The standard InChI is InChI=1S/C6H6N6S/c7-5-9-1-3(2-10-5)4-11-12-6(8)13-4/h1-2H,(H2,8,12)(H2,7,9,10). The predicted octanol–water partition coefficient (Wildman–Crippen LogP) is 0.159. The zero-order valence-corrected chi connectivity index (χ0v) is 7.32. The Balaban J connectivity index is 2.41. The van der Waals surface area contributed by atoms with Crippen molar-refractivity contribution in [1.29, 1.82) is 0 Å². The molecule has 66 valence electrons. The van der Waals surface area contributed by atoms with Gasteiger partial charge in [-0.25, -0.2) is 9.97 Å². The molecule has 0 aliphatic carbocycles. The first kappa shape index (κ1) is 7.87. The Morgan fingerprint density at radius 3 is 2.31 bits per heavy atom. The fraction of sp³-hybridized carbons (Fsp3) is 0. The first-order chi connectivity index (χ1) is 6.25. The third-order valence-electron chi connectivity index (χ3n) is 1.36. The fourth-order valence-electron chi connectivity index (χ4n) is 0.800. The Morgan fingerprint density at radius 1 is 1.08 bits per heavy atom. The Labute approximate surface area is 77.7 Å². The number of rotatable bonds is 1. The minimum absolute atomic E-state index is 0.237. The van der Waals surface area contributed by atoms with E-state index in [2.05, 4.69) is 20.2 Å². The van der Waals surface area contributed by atoms with E-state index in [1.807, 2.05) is 0 Å². The van der Waals surface area contributed by atoms with Gasteiger partial charge in [-0.1, -0.05) is 11.3 Å². The molecule has 0 fully saturated rings. The molecule has 2 aromatic heterocycles. The molecule has 0 aliphatic heterocycles. The molecule has 0 bridgehead atoms. The van der Waals surface area contributed by atoms with E-state index in [1.54, 1.807) is 12.4 Å². The molecule has 0 aliphatic rings. The highest BCUT2D eigenvalue weighted by atomic mass is 32.1. The number of nitrogens with two attached hydrogens (primary N) is 2. The summed E-state index contributed by atoms with van der Waals surface area (Å²) in [6.45, 7) is 0. The maximum Gasteiger partial charge on any atom is 0.219 e. The molecule has 0 aromatic carbocycles. The Hall–Kier alpha value is -1.76. The third kappa shape index (κ3) is 1.54. The van der Waals surface area contributed by atoms with E-state index in [-0.39, 0.29) is 5.95 Å². The van der Waals surface area contributed by atoms with E-state index >= 15 is 0 Å². The molecule has 2 aromatic rings. The SMILES string of the molecule is Nc1ncc(-c2nnc(N)s2)cn1. The normalized spacial score (nSPS) is 10.2. The highest BCUT2D eigenvalue weighted by Gasteiger charge is 2.04. The fourth-order valence-corrected chi connectivity index (χ4v) is 1.38. The van der Waals surface area contributed by atoms with Crippen molar-refractivity contribution in [2.75, 3.05) is 11.5 Å². The minimum atomic E-state index is 0.237. The van der Waals surface area contributed by atoms with Crippen LogP contribution in [-0.2, 0) is 0 Å². The van der Waals surface area contributed by atoms with Gasteiger partial charge < -0.3 is 11.5 Å². The smallest absolute Gasteiger partial charge is 0.219 e. The van der Waals surface area contributed by atoms with Crippen molar-refractivity contribution < 1.29 is 0 Å². The Bertz CT molecular complexity index is 407. The summed E-state index contributed by atoms with van der Waals surface area (Å²) < 4.78 is 0. The second-order valence-electron chi connectivity index (χ2n) is 2.28. The lowest BCUT2D eigenvalue weighted by atomic mass is 10.4. The number of nitrogen functional groups attached to an aromatic ring is 2. The van der Waals surface area contributed by atoms with Crippen LogP contribution in [0.25, 0.3) is 10.6 Å². The van der Waals surface area contributed by atoms with Gasteiger partial charge in [-0.3, -0.25) is 0 Å². The monoisotopic (exact) mass is 194 g/mol. The van der Waals surface area contributed by atoms with Gasteiger partial charge in [0.2, 0.25) is 11.1 Å². The second kappa shape index (κ2) is 2.94. The molecule has 13 heavy (non-hydrogen) atoms. The van der Waals surface area contributed by atoms with Crippen LogP contribution < -0.4 is 11.5 Å². The lowest BCUT2D eigenvalue weighted by Crippen LogP contribution is -1.93. The summed E-state index contributed by atoms with van der Waals surface area (Å²) in [6.07, 6.45) is 3.17. The molecule has 0 saturated heterocycles. The predicted molar refractivity (Wildman–Crippen MR) is 49.8 cm³/mol. The van der Waals surface area contributed by atoms with Crippen LogP contribution in [0.5, 0.6) is 0 Å². The second-order valence-corrected chi connectivity index (χ2v) is 3.28. The molecular weight excluding hydrogens is 188 g/mol. The van der Waals surface area contributed by atoms with E-state index in [0.29, 0.717) is 10.1 Å². The van der Waals surface area contributed by atoms with Gasteiger partial charge >= 0.3 is 0 Å². The minimum Gasteiger partial charge on any atom is -0.374 e. The van der Waals surface area contributed by atoms with E-state index in [9.17, 15) is 0 Å². The number of anilines is 2. The van der Waals surface area contributed by atoms with Crippen molar-refractivity contribution in [2.45, 2.75) is 0 Å². The zero-order chi connectivity index (χ0) is 9.26. The van der Waals surface area contributed by atoms with Crippen LogP contribution in [0.3, 0.4) is 0 Å². The molecule has 0 amide bonds. The van der Waals surface area contributed by atoms with Crippen LogP contribution in [0, 0.1) is 0 Å². The Kier molecular flexibility index (Phi) is 1.78. The van der Waals surface area contributed by atoms with Gasteiger partial charge in [-0.2, -0.15) is 0 Å². The van der Waals surface area contributed by atoms with Gasteiger partial charge in [-0.05, 0) is 0 Å². The van der Waals surface area contributed by atoms with Crippen LogP contribution >= 0.6 is 11.3 Å². The van der Waals surface area contributed by atoms with E-state index in [0.717, 1.165) is 5.56 Å². The first-order valence-corrected chi connectivity index (χ1v) is 4.24. The number of hydrogen-bond acceptors (Lipinski definition) is 7. The molecule has 0 unspecified atom stereocenters. The van der Waals surface area contributed by atoms with Crippen LogP contribution in [0.4, 0.5) is 11.1 Å². The molecule has 0 saturated carbocycles. The van der Waals surface area contributed by atoms with Crippen LogP contribution in [0.15, 0.2) is 12.4 Å². The maximum absolute atomic E-state index is 5.43. The van der Waals surface area contributed by atoms with Crippen molar-refractivity contribution in [1.82, 2.24) is 20.2 Å². The number of nitrogens with zero attached hydrogens (tertiary/aromatic N) is 4. The summed E-state index contributed by atoms with van der Waals surface area (Å²) in [5, 5.41) is 8.63. The quantitative estimate of drug-likeness (QED) is 0.670. The lowest BCUT2D eigenvalue weighted by molar-refractivity contribution is 1.09. The van der Waals surface area contributed by atoms with Gasteiger partial charge in [0, 0.05) is 18.0 Å². The van der Waals surface area contributed by atoms with E-state index in [4.69, 9.17) is 11.5 Å². The summed E-state index contributed by atoms with van der Waals surface area (Å²) in [6, 6.07) is 0. The number of aromatic nitrogens is 4. The van der Waals surface area contributed by atoms with Crippen molar-refractivity contribution in [3.63, 3.8) is 0 Å². The summed E-state index contributed by atoms with van der Waals surface area (Å²) in [5.41, 5.74) is 11.5. The van der Waals surface area contributed by atoms with Gasteiger partial charge in [0.1, 0.15) is 0 Å². The molecular formula is C6H6N6S. The molecule has 6 nitrogen and oxygen atoms in total. The summed E-state index contributed by atoms with van der Waals surface area (Å²) in [7, 11) is 0. The van der Waals surface area contributed by atoms with Crippen LogP contribution in [-0.4, -0.2) is 20.2 Å². The molecule has 0 atom stereocenters. The number of hydrogen-bond donors (Lipinski definition) is 2. The molecule has 2 rings (SSSR count). The van der Waals surface area contributed by atoms with Crippen LogP contribution in [0.1, 0.15) is 0 Å². The van der Waals surface area contributed by atoms with E-state index < -0.39 is 0 Å².